The van der Waals surface area contributed by atoms with Gasteiger partial charge in [-0.05, 0) is 42.5 Å². The molecule has 0 spiro atoms. The van der Waals surface area contributed by atoms with Crippen LogP contribution < -0.4 is 10.6 Å². The third kappa shape index (κ3) is 3.48. The molecule has 1 amide bonds. The van der Waals surface area contributed by atoms with Crippen LogP contribution in [-0.2, 0) is 17.8 Å². The number of thioether (sulfide) groups is 1. The van der Waals surface area contributed by atoms with Crippen molar-refractivity contribution in [2.75, 3.05) is 23.9 Å². The molecule has 1 aromatic rings. The first kappa shape index (κ1) is 12.5. The van der Waals surface area contributed by atoms with Crippen molar-refractivity contribution in [1.82, 2.24) is 5.32 Å². The van der Waals surface area contributed by atoms with E-state index in [2.05, 4.69) is 22.8 Å². The number of carbonyl (C=O) groups excluding carboxylic acids is 1. The fourth-order valence-electron chi connectivity index (χ4n) is 1.98. The molecule has 0 saturated heterocycles. The van der Waals surface area contributed by atoms with E-state index in [1.807, 2.05) is 12.3 Å². The van der Waals surface area contributed by atoms with Crippen molar-refractivity contribution in [1.29, 1.82) is 0 Å². The summed E-state index contributed by atoms with van der Waals surface area (Å²) in [6.45, 7) is 1.95. The van der Waals surface area contributed by atoms with Gasteiger partial charge in [-0.1, -0.05) is 6.07 Å². The highest BCUT2D eigenvalue weighted by Gasteiger charge is 2.09. The number of benzene rings is 1. The summed E-state index contributed by atoms with van der Waals surface area (Å²) in [7, 11) is 0. The molecule has 1 aromatic carbocycles. The Labute approximate surface area is 106 Å². The van der Waals surface area contributed by atoms with Crippen LogP contribution in [0.3, 0.4) is 0 Å². The second-order valence-corrected chi connectivity index (χ2v) is 5.19. The molecule has 2 N–H and O–H groups in total. The molecular formula is C13H18N2OS. The van der Waals surface area contributed by atoms with Crippen LogP contribution in [-0.4, -0.2) is 24.5 Å². The lowest BCUT2D eigenvalue weighted by Crippen LogP contribution is -2.23. The summed E-state index contributed by atoms with van der Waals surface area (Å²) >= 11 is 1.69. The molecule has 0 aromatic heterocycles. The number of nitrogens with one attached hydrogen (secondary N) is 2. The molecule has 1 heterocycles. The lowest BCUT2D eigenvalue weighted by molar-refractivity contribution is -0.115. The molecule has 0 fully saturated rings. The zero-order valence-electron chi connectivity index (χ0n) is 10.1. The van der Waals surface area contributed by atoms with Gasteiger partial charge in [0.25, 0.3) is 0 Å². The van der Waals surface area contributed by atoms with Crippen LogP contribution >= 0.6 is 11.8 Å². The maximum Gasteiger partial charge on any atom is 0.225 e. The normalized spacial score (nSPS) is 14.2. The van der Waals surface area contributed by atoms with Crippen LogP contribution in [0.4, 0.5) is 5.69 Å². The molecule has 4 heteroatoms. The van der Waals surface area contributed by atoms with Crippen LogP contribution in [0.2, 0.25) is 0 Å². The van der Waals surface area contributed by atoms with E-state index in [0.717, 1.165) is 31.0 Å². The molecule has 0 unspecified atom stereocenters. The second-order valence-electron chi connectivity index (χ2n) is 4.20. The zero-order valence-corrected chi connectivity index (χ0v) is 10.9. The smallest absolute Gasteiger partial charge is 0.225 e. The molecule has 0 saturated carbocycles. The molecule has 0 aliphatic carbocycles. The van der Waals surface area contributed by atoms with Gasteiger partial charge in [-0.2, -0.15) is 11.8 Å². The monoisotopic (exact) mass is 250 g/mol. The van der Waals surface area contributed by atoms with E-state index in [9.17, 15) is 4.79 Å². The van der Waals surface area contributed by atoms with E-state index in [-0.39, 0.29) is 5.91 Å². The van der Waals surface area contributed by atoms with E-state index in [1.165, 1.54) is 11.1 Å². The number of hydrogen-bond acceptors (Lipinski definition) is 3. The topological polar surface area (TPSA) is 41.1 Å². The van der Waals surface area contributed by atoms with Crippen molar-refractivity contribution in [3.8, 4) is 0 Å². The van der Waals surface area contributed by atoms with Crippen molar-refractivity contribution >= 4 is 23.4 Å². The molecule has 2 rings (SSSR count). The zero-order chi connectivity index (χ0) is 12.1. The van der Waals surface area contributed by atoms with Crippen molar-refractivity contribution in [2.24, 2.45) is 0 Å². The Hall–Kier alpha value is -1.00. The third-order valence-corrected chi connectivity index (χ3v) is 3.52. The van der Waals surface area contributed by atoms with Crippen LogP contribution in [0, 0.1) is 0 Å². The third-order valence-electron chi connectivity index (χ3n) is 2.91. The van der Waals surface area contributed by atoms with Gasteiger partial charge in [-0.3, -0.25) is 4.79 Å². The van der Waals surface area contributed by atoms with Crippen molar-refractivity contribution in [3.05, 3.63) is 29.3 Å². The Morgan fingerprint density at radius 2 is 2.35 bits per heavy atom. The predicted molar refractivity (Wildman–Crippen MR) is 73.5 cm³/mol. The first-order chi connectivity index (χ1) is 8.29. The summed E-state index contributed by atoms with van der Waals surface area (Å²) < 4.78 is 0. The van der Waals surface area contributed by atoms with Crippen LogP contribution in [0.5, 0.6) is 0 Å². The Morgan fingerprint density at radius 3 is 3.18 bits per heavy atom. The van der Waals surface area contributed by atoms with E-state index in [1.54, 1.807) is 11.8 Å². The number of anilines is 1. The standard InChI is InChI=1S/C13H18N2OS/c1-17-7-5-13(16)15-12-3-2-10-4-6-14-9-11(10)8-12/h2-3,8,14H,4-7,9H2,1H3,(H,15,16). The van der Waals surface area contributed by atoms with Gasteiger partial charge in [0.1, 0.15) is 0 Å². The molecule has 1 aliphatic rings. The van der Waals surface area contributed by atoms with Gasteiger partial charge >= 0.3 is 0 Å². The number of rotatable bonds is 4. The summed E-state index contributed by atoms with van der Waals surface area (Å²) in [5.41, 5.74) is 3.61. The number of carbonyl (C=O) groups is 1. The van der Waals surface area contributed by atoms with Gasteiger partial charge in [0.2, 0.25) is 5.91 Å². The fraction of sp³-hybridized carbons (Fsp3) is 0.462. The van der Waals surface area contributed by atoms with E-state index in [4.69, 9.17) is 0 Å². The van der Waals surface area contributed by atoms with Gasteiger partial charge in [-0.25, -0.2) is 0 Å². The minimum absolute atomic E-state index is 0.100. The van der Waals surface area contributed by atoms with E-state index in [0.29, 0.717) is 6.42 Å². The number of fused-ring (bicyclic) bond motifs is 1. The van der Waals surface area contributed by atoms with Crippen LogP contribution in [0.1, 0.15) is 17.5 Å². The summed E-state index contributed by atoms with van der Waals surface area (Å²) in [4.78, 5) is 11.6. The predicted octanol–water partition coefficient (Wildman–Crippen LogP) is 2.02. The van der Waals surface area contributed by atoms with Crippen molar-refractivity contribution in [2.45, 2.75) is 19.4 Å². The van der Waals surface area contributed by atoms with Crippen LogP contribution in [0.25, 0.3) is 0 Å². The summed E-state index contributed by atoms with van der Waals surface area (Å²) in [6.07, 6.45) is 3.67. The second kappa shape index (κ2) is 6.07. The summed E-state index contributed by atoms with van der Waals surface area (Å²) in [6, 6.07) is 6.21. The Morgan fingerprint density at radius 1 is 1.47 bits per heavy atom. The lowest BCUT2D eigenvalue weighted by Gasteiger charge is -2.18. The van der Waals surface area contributed by atoms with Gasteiger partial charge in [0, 0.05) is 24.4 Å². The number of amides is 1. The maximum atomic E-state index is 11.6. The van der Waals surface area contributed by atoms with Crippen molar-refractivity contribution < 1.29 is 4.79 Å². The Balaban J connectivity index is 1.99. The SMILES string of the molecule is CSCCC(=O)Nc1ccc2c(c1)CNCC2. The molecular weight excluding hydrogens is 232 g/mol. The average molecular weight is 250 g/mol. The van der Waals surface area contributed by atoms with E-state index < -0.39 is 0 Å². The quantitative estimate of drug-likeness (QED) is 0.859. The largest absolute Gasteiger partial charge is 0.326 e. The minimum Gasteiger partial charge on any atom is -0.326 e. The van der Waals surface area contributed by atoms with Gasteiger partial charge in [-0.15, -0.1) is 0 Å². The molecule has 0 radical (unpaired) electrons. The maximum absolute atomic E-state index is 11.6. The molecule has 0 atom stereocenters. The molecule has 17 heavy (non-hydrogen) atoms. The van der Waals surface area contributed by atoms with Gasteiger partial charge in [0.05, 0.1) is 0 Å². The summed E-state index contributed by atoms with van der Waals surface area (Å²) in [5.74, 6) is 0.973. The molecule has 3 nitrogen and oxygen atoms in total. The van der Waals surface area contributed by atoms with Gasteiger partial charge in [0.15, 0.2) is 0 Å². The average Bonchev–Trinajstić information content (AvgIpc) is 2.36. The highest BCUT2D eigenvalue weighted by atomic mass is 32.2. The minimum atomic E-state index is 0.100. The lowest BCUT2D eigenvalue weighted by atomic mass is 10.0. The first-order valence-electron chi connectivity index (χ1n) is 5.91. The Kier molecular flexibility index (Phi) is 4.45. The van der Waals surface area contributed by atoms with Crippen molar-refractivity contribution in [3.63, 3.8) is 0 Å². The molecule has 0 bridgehead atoms. The van der Waals surface area contributed by atoms with E-state index >= 15 is 0 Å². The molecule has 1 aliphatic heterocycles. The fourth-order valence-corrected chi connectivity index (χ4v) is 2.37. The first-order valence-corrected chi connectivity index (χ1v) is 7.30. The Bertz CT molecular complexity index is 406. The van der Waals surface area contributed by atoms with Gasteiger partial charge < -0.3 is 10.6 Å². The summed E-state index contributed by atoms with van der Waals surface area (Å²) in [5, 5.41) is 6.29. The molecule has 92 valence electrons. The van der Waals surface area contributed by atoms with Crippen LogP contribution in [0.15, 0.2) is 18.2 Å². The number of hydrogen-bond donors (Lipinski definition) is 2. The highest BCUT2D eigenvalue weighted by molar-refractivity contribution is 7.98. The highest BCUT2D eigenvalue weighted by Crippen LogP contribution is 2.19.